The predicted molar refractivity (Wildman–Crippen MR) is 101 cm³/mol. The lowest BCUT2D eigenvalue weighted by atomic mass is 9.95. The zero-order valence-corrected chi connectivity index (χ0v) is 15.8. The molecule has 1 aromatic carbocycles. The van der Waals surface area contributed by atoms with Gasteiger partial charge in [-0.05, 0) is 57.5 Å². The highest BCUT2D eigenvalue weighted by Gasteiger charge is 2.27. The highest BCUT2D eigenvalue weighted by molar-refractivity contribution is 5.28. The van der Waals surface area contributed by atoms with Gasteiger partial charge < -0.3 is 14.6 Å². The summed E-state index contributed by atoms with van der Waals surface area (Å²) in [6.45, 7) is 10.2. The molecular formula is C20H29N5O. The molecule has 6 heteroatoms. The molecule has 2 aromatic rings. The third-order valence-corrected chi connectivity index (χ3v) is 5.28. The van der Waals surface area contributed by atoms with E-state index in [-0.39, 0.29) is 6.10 Å². The highest BCUT2D eigenvalue weighted by Crippen LogP contribution is 2.29. The van der Waals surface area contributed by atoms with Crippen LogP contribution >= 0.6 is 0 Å². The molecule has 0 saturated carbocycles. The van der Waals surface area contributed by atoms with Crippen LogP contribution in [0, 0.1) is 0 Å². The van der Waals surface area contributed by atoms with Crippen LogP contribution in [-0.2, 0) is 19.6 Å². The Labute approximate surface area is 155 Å². The number of aromatic nitrogens is 3. The van der Waals surface area contributed by atoms with Crippen molar-refractivity contribution in [2.75, 3.05) is 19.6 Å². The number of ether oxygens (including phenoxy) is 1. The van der Waals surface area contributed by atoms with E-state index in [2.05, 4.69) is 57.0 Å². The lowest BCUT2D eigenvalue weighted by molar-refractivity contribution is 0.198. The van der Waals surface area contributed by atoms with Gasteiger partial charge in [-0.15, -0.1) is 10.2 Å². The number of nitrogens with zero attached hydrogens (tertiary/aromatic N) is 4. The second-order valence-corrected chi connectivity index (χ2v) is 7.67. The third-order valence-electron chi connectivity index (χ3n) is 5.28. The van der Waals surface area contributed by atoms with Gasteiger partial charge in [0.05, 0.1) is 12.6 Å². The van der Waals surface area contributed by atoms with Crippen LogP contribution in [0.15, 0.2) is 24.3 Å². The molecule has 4 rings (SSSR count). The average molecular weight is 355 g/mol. The van der Waals surface area contributed by atoms with Gasteiger partial charge in [-0.3, -0.25) is 4.90 Å². The summed E-state index contributed by atoms with van der Waals surface area (Å²) in [7, 11) is 0. The number of piperidine rings is 1. The van der Waals surface area contributed by atoms with Gasteiger partial charge in [-0.25, -0.2) is 0 Å². The van der Waals surface area contributed by atoms with E-state index in [9.17, 15) is 0 Å². The molecule has 140 valence electrons. The lowest BCUT2D eigenvalue weighted by Gasteiger charge is -2.32. The molecule has 0 radical (unpaired) electrons. The summed E-state index contributed by atoms with van der Waals surface area (Å²) >= 11 is 0. The maximum Gasteiger partial charge on any atom is 0.147 e. The Morgan fingerprint density at radius 2 is 2.04 bits per heavy atom. The Hall–Kier alpha value is -1.92. The molecule has 3 heterocycles. The molecule has 1 saturated heterocycles. The standard InChI is InChI=1S/C20H29N5O/c1-15(2)26-18-5-3-4-16(12-18)14-24-9-6-17(7-10-24)20-23-22-19-13-21-8-11-25(19)20/h3-5,12,15,17,21H,6-11,13-14H2,1-2H3. The summed E-state index contributed by atoms with van der Waals surface area (Å²) in [5, 5.41) is 12.2. The molecule has 2 aliphatic heterocycles. The Balaban J connectivity index is 1.35. The molecule has 2 aliphatic rings. The second kappa shape index (κ2) is 7.76. The quantitative estimate of drug-likeness (QED) is 0.893. The minimum atomic E-state index is 0.213. The van der Waals surface area contributed by atoms with Crippen molar-refractivity contribution in [2.24, 2.45) is 0 Å². The normalized spacial score (nSPS) is 18.9. The molecule has 0 aliphatic carbocycles. The van der Waals surface area contributed by atoms with E-state index in [4.69, 9.17) is 4.74 Å². The summed E-state index contributed by atoms with van der Waals surface area (Å²) in [6.07, 6.45) is 2.53. The van der Waals surface area contributed by atoms with Crippen LogP contribution in [0.2, 0.25) is 0 Å². The van der Waals surface area contributed by atoms with Gasteiger partial charge in [-0.1, -0.05) is 12.1 Å². The third kappa shape index (κ3) is 3.91. The van der Waals surface area contributed by atoms with Crippen LogP contribution in [0.1, 0.15) is 49.8 Å². The van der Waals surface area contributed by atoms with Crippen molar-refractivity contribution in [2.45, 2.75) is 58.3 Å². The molecule has 0 unspecified atom stereocenters. The molecule has 1 aromatic heterocycles. The fraction of sp³-hybridized carbons (Fsp3) is 0.600. The fourth-order valence-corrected chi connectivity index (χ4v) is 4.01. The average Bonchev–Trinajstić information content (AvgIpc) is 3.06. The molecule has 0 amide bonds. The molecule has 6 nitrogen and oxygen atoms in total. The highest BCUT2D eigenvalue weighted by atomic mass is 16.5. The first-order valence-corrected chi connectivity index (χ1v) is 9.79. The molecule has 0 atom stereocenters. The molecule has 1 fully saturated rings. The van der Waals surface area contributed by atoms with Crippen molar-refractivity contribution in [3.05, 3.63) is 41.5 Å². The van der Waals surface area contributed by atoms with Crippen molar-refractivity contribution in [1.29, 1.82) is 0 Å². The van der Waals surface area contributed by atoms with Crippen LogP contribution in [0.3, 0.4) is 0 Å². The van der Waals surface area contributed by atoms with E-state index in [1.54, 1.807) is 0 Å². The first-order valence-electron chi connectivity index (χ1n) is 9.79. The minimum Gasteiger partial charge on any atom is -0.491 e. The zero-order valence-electron chi connectivity index (χ0n) is 15.8. The molecule has 0 spiro atoms. The van der Waals surface area contributed by atoms with Gasteiger partial charge >= 0.3 is 0 Å². The molecule has 0 bridgehead atoms. The smallest absolute Gasteiger partial charge is 0.147 e. The van der Waals surface area contributed by atoms with E-state index in [1.807, 2.05) is 6.07 Å². The Morgan fingerprint density at radius 3 is 2.85 bits per heavy atom. The number of benzene rings is 1. The summed E-state index contributed by atoms with van der Waals surface area (Å²) in [6, 6.07) is 8.50. The maximum absolute atomic E-state index is 5.82. The minimum absolute atomic E-state index is 0.213. The molecule has 26 heavy (non-hydrogen) atoms. The van der Waals surface area contributed by atoms with Gasteiger partial charge in [-0.2, -0.15) is 0 Å². The number of rotatable bonds is 5. The Morgan fingerprint density at radius 1 is 1.19 bits per heavy atom. The van der Waals surface area contributed by atoms with E-state index in [1.165, 1.54) is 11.4 Å². The maximum atomic E-state index is 5.82. The zero-order chi connectivity index (χ0) is 17.9. The van der Waals surface area contributed by atoms with Crippen molar-refractivity contribution >= 4 is 0 Å². The van der Waals surface area contributed by atoms with E-state index in [0.29, 0.717) is 5.92 Å². The van der Waals surface area contributed by atoms with Crippen LogP contribution in [0.25, 0.3) is 0 Å². The summed E-state index contributed by atoms with van der Waals surface area (Å²) in [4.78, 5) is 2.54. The first-order chi connectivity index (χ1) is 12.7. The summed E-state index contributed by atoms with van der Waals surface area (Å²) < 4.78 is 8.16. The Bertz CT molecular complexity index is 734. The summed E-state index contributed by atoms with van der Waals surface area (Å²) in [5.41, 5.74) is 1.33. The number of fused-ring (bicyclic) bond motifs is 1. The number of nitrogens with one attached hydrogen (secondary N) is 1. The van der Waals surface area contributed by atoms with Crippen molar-refractivity contribution < 1.29 is 4.74 Å². The van der Waals surface area contributed by atoms with Crippen molar-refractivity contribution in [3.8, 4) is 5.75 Å². The summed E-state index contributed by atoms with van der Waals surface area (Å²) in [5.74, 6) is 3.81. The van der Waals surface area contributed by atoms with Crippen molar-refractivity contribution in [3.63, 3.8) is 0 Å². The fourth-order valence-electron chi connectivity index (χ4n) is 4.01. The van der Waals surface area contributed by atoms with Crippen LogP contribution in [0.4, 0.5) is 0 Å². The SMILES string of the molecule is CC(C)Oc1cccc(CN2CCC(c3nnc4n3CCNC4)CC2)c1. The predicted octanol–water partition coefficient (Wildman–Crippen LogP) is 2.55. The topological polar surface area (TPSA) is 55.2 Å². The van der Waals surface area contributed by atoms with Crippen LogP contribution in [-0.4, -0.2) is 45.4 Å². The van der Waals surface area contributed by atoms with Gasteiger partial charge in [0, 0.05) is 25.6 Å². The lowest BCUT2D eigenvalue weighted by Crippen LogP contribution is -2.34. The van der Waals surface area contributed by atoms with Gasteiger partial charge in [0.2, 0.25) is 0 Å². The number of hydrogen-bond acceptors (Lipinski definition) is 5. The van der Waals surface area contributed by atoms with Gasteiger partial charge in [0.15, 0.2) is 0 Å². The number of hydrogen-bond donors (Lipinski definition) is 1. The molecular weight excluding hydrogens is 326 g/mol. The van der Waals surface area contributed by atoms with E-state index in [0.717, 1.165) is 63.7 Å². The van der Waals surface area contributed by atoms with E-state index >= 15 is 0 Å². The monoisotopic (exact) mass is 355 g/mol. The van der Waals surface area contributed by atoms with Crippen molar-refractivity contribution in [1.82, 2.24) is 25.0 Å². The van der Waals surface area contributed by atoms with E-state index < -0.39 is 0 Å². The van der Waals surface area contributed by atoms with Gasteiger partial charge in [0.1, 0.15) is 17.4 Å². The van der Waals surface area contributed by atoms with Gasteiger partial charge in [0.25, 0.3) is 0 Å². The largest absolute Gasteiger partial charge is 0.491 e. The molecule has 1 N–H and O–H groups in total. The second-order valence-electron chi connectivity index (χ2n) is 7.67. The Kier molecular flexibility index (Phi) is 5.22. The number of likely N-dealkylation sites (tertiary alicyclic amines) is 1. The first kappa shape index (κ1) is 17.5. The van der Waals surface area contributed by atoms with Crippen LogP contribution in [0.5, 0.6) is 5.75 Å². The van der Waals surface area contributed by atoms with Crippen LogP contribution < -0.4 is 10.1 Å².